The second kappa shape index (κ2) is 7.18. The standard InChI is InChI=1S/C21H25N3O3/c1-13-18(12-15-11-17(27-2)5-6-19(15)22-13)21(26)24-9-7-16(8-10-24)23-20(25)14-3-4-14/h5-6,11-12,14,16H,3-4,7-10H2,1-2H3,(H,23,25). The van der Waals surface area contributed by atoms with E-state index in [2.05, 4.69) is 10.3 Å². The van der Waals surface area contributed by atoms with Gasteiger partial charge in [0.2, 0.25) is 5.91 Å². The summed E-state index contributed by atoms with van der Waals surface area (Å²) < 4.78 is 5.28. The van der Waals surface area contributed by atoms with Gasteiger partial charge in [0.1, 0.15) is 5.75 Å². The van der Waals surface area contributed by atoms with E-state index < -0.39 is 0 Å². The lowest BCUT2D eigenvalue weighted by atomic mass is 10.0. The zero-order valence-electron chi connectivity index (χ0n) is 15.8. The molecule has 2 aliphatic rings. The van der Waals surface area contributed by atoms with E-state index in [-0.39, 0.29) is 23.8 Å². The number of nitrogens with one attached hydrogen (secondary N) is 1. The second-order valence-corrected chi connectivity index (χ2v) is 7.53. The smallest absolute Gasteiger partial charge is 0.255 e. The summed E-state index contributed by atoms with van der Waals surface area (Å²) in [4.78, 5) is 31.4. The Labute approximate surface area is 158 Å². The number of nitrogens with zero attached hydrogens (tertiary/aromatic N) is 2. The highest BCUT2D eigenvalue weighted by Gasteiger charge is 2.32. The summed E-state index contributed by atoms with van der Waals surface area (Å²) >= 11 is 0. The Kier molecular flexibility index (Phi) is 4.72. The van der Waals surface area contributed by atoms with Gasteiger partial charge in [0.15, 0.2) is 0 Å². The normalized spacial score (nSPS) is 17.8. The zero-order chi connectivity index (χ0) is 19.0. The van der Waals surface area contributed by atoms with Gasteiger partial charge in [0.05, 0.1) is 23.9 Å². The Balaban J connectivity index is 1.46. The number of methoxy groups -OCH3 is 1. The van der Waals surface area contributed by atoms with Crippen LogP contribution in [0.2, 0.25) is 0 Å². The van der Waals surface area contributed by atoms with Crippen LogP contribution in [-0.2, 0) is 4.79 Å². The molecule has 1 aromatic heterocycles. The average Bonchev–Trinajstić information content (AvgIpc) is 3.52. The molecule has 0 bridgehead atoms. The third-order valence-electron chi connectivity index (χ3n) is 5.52. The van der Waals surface area contributed by atoms with E-state index in [1.165, 1.54) is 0 Å². The number of fused-ring (bicyclic) bond motifs is 1. The molecule has 0 spiro atoms. The molecule has 27 heavy (non-hydrogen) atoms. The molecule has 4 rings (SSSR count). The highest BCUT2D eigenvalue weighted by molar-refractivity contribution is 5.99. The topological polar surface area (TPSA) is 71.5 Å². The number of aryl methyl sites for hydroxylation is 1. The number of likely N-dealkylation sites (tertiary alicyclic amines) is 1. The maximum Gasteiger partial charge on any atom is 0.255 e. The fourth-order valence-electron chi connectivity index (χ4n) is 3.66. The van der Waals surface area contributed by atoms with Gasteiger partial charge in [-0.2, -0.15) is 0 Å². The minimum Gasteiger partial charge on any atom is -0.497 e. The molecule has 0 radical (unpaired) electrons. The summed E-state index contributed by atoms with van der Waals surface area (Å²) in [5.41, 5.74) is 2.23. The van der Waals surface area contributed by atoms with Gasteiger partial charge in [-0.15, -0.1) is 0 Å². The van der Waals surface area contributed by atoms with Gasteiger partial charge in [0.25, 0.3) is 5.91 Å². The lowest BCUT2D eigenvalue weighted by Crippen LogP contribution is -2.47. The highest BCUT2D eigenvalue weighted by atomic mass is 16.5. The number of amides is 2. The molecule has 1 saturated carbocycles. The molecule has 1 saturated heterocycles. The molecule has 0 atom stereocenters. The minimum atomic E-state index is 0.0108. The molecule has 0 unspecified atom stereocenters. The van der Waals surface area contributed by atoms with E-state index in [1.54, 1.807) is 7.11 Å². The van der Waals surface area contributed by atoms with Gasteiger partial charge < -0.3 is 15.0 Å². The van der Waals surface area contributed by atoms with Crippen molar-refractivity contribution in [2.75, 3.05) is 20.2 Å². The van der Waals surface area contributed by atoms with Gasteiger partial charge in [0, 0.05) is 30.4 Å². The Morgan fingerprint density at radius 1 is 1.15 bits per heavy atom. The number of hydrogen-bond acceptors (Lipinski definition) is 4. The predicted octanol–water partition coefficient (Wildman–Crippen LogP) is 2.68. The maximum absolute atomic E-state index is 13.0. The van der Waals surface area contributed by atoms with Crippen LogP contribution in [-0.4, -0.2) is 47.9 Å². The van der Waals surface area contributed by atoms with Crippen LogP contribution in [0.3, 0.4) is 0 Å². The predicted molar refractivity (Wildman–Crippen MR) is 103 cm³/mol. The van der Waals surface area contributed by atoms with Crippen LogP contribution in [0, 0.1) is 12.8 Å². The van der Waals surface area contributed by atoms with Crippen LogP contribution in [0.5, 0.6) is 5.75 Å². The molecule has 142 valence electrons. The number of ether oxygens (including phenoxy) is 1. The van der Waals surface area contributed by atoms with Gasteiger partial charge in [-0.05, 0) is 56.9 Å². The van der Waals surface area contributed by atoms with Crippen molar-refractivity contribution in [1.82, 2.24) is 15.2 Å². The number of hydrogen-bond donors (Lipinski definition) is 1. The number of carbonyl (C=O) groups excluding carboxylic acids is 2. The largest absolute Gasteiger partial charge is 0.497 e. The van der Waals surface area contributed by atoms with Crippen LogP contribution in [0.1, 0.15) is 41.7 Å². The molecule has 1 aliphatic carbocycles. The average molecular weight is 367 g/mol. The van der Waals surface area contributed by atoms with Gasteiger partial charge in [-0.25, -0.2) is 0 Å². The van der Waals surface area contributed by atoms with Crippen molar-refractivity contribution >= 4 is 22.7 Å². The molecule has 1 aromatic carbocycles. The summed E-state index contributed by atoms with van der Waals surface area (Å²) in [6.07, 6.45) is 3.64. The Bertz CT molecular complexity index is 884. The van der Waals surface area contributed by atoms with Gasteiger partial charge >= 0.3 is 0 Å². The second-order valence-electron chi connectivity index (χ2n) is 7.53. The van der Waals surface area contributed by atoms with E-state index in [9.17, 15) is 9.59 Å². The van der Waals surface area contributed by atoms with Crippen LogP contribution in [0.4, 0.5) is 0 Å². The molecular weight excluding hydrogens is 342 g/mol. The van der Waals surface area contributed by atoms with Crippen LogP contribution in [0.15, 0.2) is 24.3 Å². The quantitative estimate of drug-likeness (QED) is 0.902. The minimum absolute atomic E-state index is 0.0108. The van der Waals surface area contributed by atoms with Crippen molar-refractivity contribution in [3.63, 3.8) is 0 Å². The number of piperidine rings is 1. The first-order chi connectivity index (χ1) is 13.0. The van der Waals surface area contributed by atoms with Crippen LogP contribution >= 0.6 is 0 Å². The lowest BCUT2D eigenvalue weighted by molar-refractivity contribution is -0.123. The van der Waals surface area contributed by atoms with Crippen LogP contribution in [0.25, 0.3) is 10.9 Å². The molecular formula is C21H25N3O3. The molecule has 6 heteroatoms. The number of benzene rings is 1. The van der Waals surface area contributed by atoms with Crippen molar-refractivity contribution in [2.45, 2.75) is 38.6 Å². The zero-order valence-corrected chi connectivity index (χ0v) is 15.8. The summed E-state index contributed by atoms with van der Waals surface area (Å²) in [6.45, 7) is 3.19. The van der Waals surface area contributed by atoms with E-state index in [0.29, 0.717) is 18.7 Å². The Hall–Kier alpha value is -2.63. The first-order valence-electron chi connectivity index (χ1n) is 9.60. The number of aromatic nitrogens is 1. The summed E-state index contributed by atoms with van der Waals surface area (Å²) in [6, 6.07) is 7.77. The molecule has 2 heterocycles. The van der Waals surface area contributed by atoms with Crippen molar-refractivity contribution in [2.24, 2.45) is 5.92 Å². The molecule has 1 aliphatic heterocycles. The number of rotatable bonds is 4. The van der Waals surface area contributed by atoms with Crippen molar-refractivity contribution in [3.8, 4) is 5.75 Å². The van der Waals surface area contributed by atoms with E-state index >= 15 is 0 Å². The molecule has 1 N–H and O–H groups in total. The summed E-state index contributed by atoms with van der Waals surface area (Å²) in [7, 11) is 1.63. The number of carbonyl (C=O) groups is 2. The van der Waals surface area contributed by atoms with E-state index in [4.69, 9.17) is 4.74 Å². The fraction of sp³-hybridized carbons (Fsp3) is 0.476. The molecule has 2 fully saturated rings. The monoisotopic (exact) mass is 367 g/mol. The Morgan fingerprint density at radius 2 is 1.89 bits per heavy atom. The maximum atomic E-state index is 13.0. The molecule has 2 amide bonds. The van der Waals surface area contributed by atoms with Crippen molar-refractivity contribution in [3.05, 3.63) is 35.5 Å². The summed E-state index contributed by atoms with van der Waals surface area (Å²) in [5.74, 6) is 1.17. The van der Waals surface area contributed by atoms with Crippen LogP contribution < -0.4 is 10.1 Å². The third kappa shape index (κ3) is 3.75. The number of pyridine rings is 1. The van der Waals surface area contributed by atoms with Gasteiger partial charge in [-0.1, -0.05) is 0 Å². The highest BCUT2D eigenvalue weighted by Crippen LogP contribution is 2.29. The third-order valence-corrected chi connectivity index (χ3v) is 5.52. The van der Waals surface area contributed by atoms with Crippen molar-refractivity contribution in [1.29, 1.82) is 0 Å². The Morgan fingerprint density at radius 3 is 2.56 bits per heavy atom. The van der Waals surface area contributed by atoms with Crippen molar-refractivity contribution < 1.29 is 14.3 Å². The first-order valence-corrected chi connectivity index (χ1v) is 9.60. The first kappa shape index (κ1) is 17.8. The lowest BCUT2D eigenvalue weighted by Gasteiger charge is -2.32. The summed E-state index contributed by atoms with van der Waals surface area (Å²) in [5, 5.41) is 4.02. The molecule has 2 aromatic rings. The van der Waals surface area contributed by atoms with E-state index in [1.807, 2.05) is 36.1 Å². The fourth-order valence-corrected chi connectivity index (χ4v) is 3.66. The SMILES string of the molecule is COc1ccc2nc(C)c(C(=O)N3CCC(NC(=O)C4CC4)CC3)cc2c1. The van der Waals surface area contributed by atoms with Gasteiger partial charge in [-0.3, -0.25) is 14.6 Å². The molecule has 6 nitrogen and oxygen atoms in total. The van der Waals surface area contributed by atoms with E-state index in [0.717, 1.165) is 48.0 Å².